The lowest BCUT2D eigenvalue weighted by atomic mass is 10.0. The van der Waals surface area contributed by atoms with Crippen LogP contribution in [0.25, 0.3) is 0 Å². The van der Waals surface area contributed by atoms with Crippen molar-refractivity contribution >= 4 is 11.6 Å². The summed E-state index contributed by atoms with van der Waals surface area (Å²) in [5.41, 5.74) is 1.40. The minimum absolute atomic E-state index is 0.0957. The molecule has 100 valence electrons. The predicted molar refractivity (Wildman–Crippen MR) is 74.8 cm³/mol. The Labute approximate surface area is 109 Å². The molecule has 4 heteroatoms. The number of anilines is 1. The molecule has 0 aliphatic carbocycles. The van der Waals surface area contributed by atoms with Crippen molar-refractivity contribution in [2.24, 2.45) is 5.92 Å². The van der Waals surface area contributed by atoms with Gasteiger partial charge in [-0.1, -0.05) is 26.7 Å². The van der Waals surface area contributed by atoms with E-state index in [-0.39, 0.29) is 5.91 Å². The molecule has 0 aromatic carbocycles. The van der Waals surface area contributed by atoms with Gasteiger partial charge in [0.1, 0.15) is 5.69 Å². The molecule has 4 nitrogen and oxygen atoms in total. The Morgan fingerprint density at radius 3 is 2.67 bits per heavy atom. The summed E-state index contributed by atoms with van der Waals surface area (Å²) in [4.78, 5) is 16.0. The monoisotopic (exact) mass is 249 g/mol. The molecular formula is C14H23N3O. The molecule has 1 rings (SSSR count). The van der Waals surface area contributed by atoms with Crippen LogP contribution in [0.4, 0.5) is 5.69 Å². The minimum Gasteiger partial charge on any atom is -0.385 e. The highest BCUT2D eigenvalue weighted by Crippen LogP contribution is 2.09. The van der Waals surface area contributed by atoms with E-state index in [1.807, 2.05) is 13.0 Å². The minimum atomic E-state index is -0.0957. The zero-order valence-electron chi connectivity index (χ0n) is 11.5. The van der Waals surface area contributed by atoms with Gasteiger partial charge in [0, 0.05) is 25.0 Å². The van der Waals surface area contributed by atoms with E-state index in [9.17, 15) is 4.79 Å². The van der Waals surface area contributed by atoms with E-state index >= 15 is 0 Å². The highest BCUT2D eigenvalue weighted by molar-refractivity contribution is 5.93. The van der Waals surface area contributed by atoms with E-state index in [4.69, 9.17) is 0 Å². The Morgan fingerprint density at radius 2 is 2.06 bits per heavy atom. The van der Waals surface area contributed by atoms with Crippen LogP contribution in [0.15, 0.2) is 18.3 Å². The SMILES string of the molecule is CCNc1ccnc(C(=O)NCC(CC)CC)c1. The Balaban J connectivity index is 2.58. The van der Waals surface area contributed by atoms with E-state index in [0.717, 1.165) is 31.6 Å². The second-order valence-electron chi connectivity index (χ2n) is 4.35. The average Bonchev–Trinajstić information content (AvgIpc) is 2.40. The van der Waals surface area contributed by atoms with Crippen molar-refractivity contribution in [2.45, 2.75) is 33.6 Å². The summed E-state index contributed by atoms with van der Waals surface area (Å²) in [6, 6.07) is 3.65. The number of hydrogen-bond acceptors (Lipinski definition) is 3. The molecule has 1 amide bonds. The summed E-state index contributed by atoms with van der Waals surface area (Å²) in [6.45, 7) is 7.86. The zero-order chi connectivity index (χ0) is 13.4. The maximum Gasteiger partial charge on any atom is 0.269 e. The summed E-state index contributed by atoms with van der Waals surface area (Å²) in [5, 5.41) is 6.11. The molecule has 18 heavy (non-hydrogen) atoms. The Kier molecular flexibility index (Phi) is 6.19. The third-order valence-corrected chi connectivity index (χ3v) is 3.08. The van der Waals surface area contributed by atoms with Gasteiger partial charge in [-0.3, -0.25) is 9.78 Å². The van der Waals surface area contributed by atoms with Crippen LogP contribution in [0.3, 0.4) is 0 Å². The first-order valence-corrected chi connectivity index (χ1v) is 6.69. The van der Waals surface area contributed by atoms with Crippen LogP contribution in [0.2, 0.25) is 0 Å². The molecule has 0 saturated carbocycles. The molecule has 0 aliphatic heterocycles. The topological polar surface area (TPSA) is 54.0 Å². The van der Waals surface area contributed by atoms with Crippen LogP contribution in [-0.2, 0) is 0 Å². The number of nitrogens with one attached hydrogen (secondary N) is 2. The van der Waals surface area contributed by atoms with Gasteiger partial charge in [-0.15, -0.1) is 0 Å². The van der Waals surface area contributed by atoms with Gasteiger partial charge in [-0.2, -0.15) is 0 Å². The van der Waals surface area contributed by atoms with Crippen LogP contribution in [0.1, 0.15) is 44.1 Å². The van der Waals surface area contributed by atoms with E-state index in [2.05, 4.69) is 29.5 Å². The quantitative estimate of drug-likeness (QED) is 0.781. The zero-order valence-corrected chi connectivity index (χ0v) is 11.5. The molecule has 0 bridgehead atoms. The third kappa shape index (κ3) is 4.35. The maximum absolute atomic E-state index is 11.9. The number of nitrogens with zero attached hydrogens (tertiary/aromatic N) is 1. The van der Waals surface area contributed by atoms with Crippen molar-refractivity contribution in [2.75, 3.05) is 18.4 Å². The summed E-state index contributed by atoms with van der Waals surface area (Å²) < 4.78 is 0. The number of hydrogen-bond donors (Lipinski definition) is 2. The molecule has 1 aromatic heterocycles. The maximum atomic E-state index is 11.9. The lowest BCUT2D eigenvalue weighted by molar-refractivity contribution is 0.0941. The van der Waals surface area contributed by atoms with Crippen molar-refractivity contribution < 1.29 is 4.79 Å². The van der Waals surface area contributed by atoms with E-state index in [1.165, 1.54) is 0 Å². The van der Waals surface area contributed by atoms with Gasteiger partial charge in [-0.25, -0.2) is 0 Å². The third-order valence-electron chi connectivity index (χ3n) is 3.08. The largest absolute Gasteiger partial charge is 0.385 e. The van der Waals surface area contributed by atoms with Gasteiger partial charge in [0.25, 0.3) is 5.91 Å². The van der Waals surface area contributed by atoms with Crippen LogP contribution in [-0.4, -0.2) is 24.0 Å². The van der Waals surface area contributed by atoms with Crippen LogP contribution in [0, 0.1) is 5.92 Å². The second-order valence-corrected chi connectivity index (χ2v) is 4.35. The number of pyridine rings is 1. The summed E-state index contributed by atoms with van der Waals surface area (Å²) in [6.07, 6.45) is 3.83. The van der Waals surface area contributed by atoms with E-state index < -0.39 is 0 Å². The number of carbonyl (C=O) groups is 1. The lowest BCUT2D eigenvalue weighted by Gasteiger charge is -2.13. The first-order chi connectivity index (χ1) is 8.71. The summed E-state index contributed by atoms with van der Waals surface area (Å²) >= 11 is 0. The normalized spacial score (nSPS) is 10.4. The van der Waals surface area contributed by atoms with Gasteiger partial charge in [0.05, 0.1) is 0 Å². The van der Waals surface area contributed by atoms with Gasteiger partial charge in [0.2, 0.25) is 0 Å². The predicted octanol–water partition coefficient (Wildman–Crippen LogP) is 2.68. The molecule has 1 aromatic rings. The van der Waals surface area contributed by atoms with Gasteiger partial charge in [0.15, 0.2) is 0 Å². The van der Waals surface area contributed by atoms with Crippen LogP contribution in [0.5, 0.6) is 0 Å². The fourth-order valence-corrected chi connectivity index (χ4v) is 1.77. The van der Waals surface area contributed by atoms with Crippen molar-refractivity contribution in [1.29, 1.82) is 0 Å². The van der Waals surface area contributed by atoms with Crippen LogP contribution >= 0.6 is 0 Å². The number of rotatable bonds is 7. The second kappa shape index (κ2) is 7.69. The van der Waals surface area contributed by atoms with Crippen molar-refractivity contribution in [3.8, 4) is 0 Å². The van der Waals surface area contributed by atoms with Crippen molar-refractivity contribution in [1.82, 2.24) is 10.3 Å². The highest BCUT2D eigenvalue weighted by atomic mass is 16.1. The van der Waals surface area contributed by atoms with Gasteiger partial charge >= 0.3 is 0 Å². The molecule has 0 saturated heterocycles. The molecule has 0 atom stereocenters. The van der Waals surface area contributed by atoms with E-state index in [0.29, 0.717) is 11.6 Å². The molecule has 1 heterocycles. The van der Waals surface area contributed by atoms with Gasteiger partial charge < -0.3 is 10.6 Å². The molecule has 0 spiro atoms. The average molecular weight is 249 g/mol. The van der Waals surface area contributed by atoms with Crippen molar-refractivity contribution in [3.05, 3.63) is 24.0 Å². The Morgan fingerprint density at radius 1 is 1.33 bits per heavy atom. The molecule has 0 radical (unpaired) electrons. The number of aromatic nitrogens is 1. The lowest BCUT2D eigenvalue weighted by Crippen LogP contribution is -2.29. The summed E-state index contributed by atoms with van der Waals surface area (Å²) in [7, 11) is 0. The fourth-order valence-electron chi connectivity index (χ4n) is 1.77. The first-order valence-electron chi connectivity index (χ1n) is 6.69. The Bertz CT molecular complexity index is 375. The Hall–Kier alpha value is -1.58. The van der Waals surface area contributed by atoms with E-state index in [1.54, 1.807) is 12.3 Å². The fraction of sp³-hybridized carbons (Fsp3) is 0.571. The summed E-state index contributed by atoms with van der Waals surface area (Å²) in [5.74, 6) is 0.451. The van der Waals surface area contributed by atoms with Crippen molar-refractivity contribution in [3.63, 3.8) is 0 Å². The highest BCUT2D eigenvalue weighted by Gasteiger charge is 2.10. The molecule has 0 unspecified atom stereocenters. The number of carbonyl (C=O) groups excluding carboxylic acids is 1. The number of amides is 1. The van der Waals surface area contributed by atoms with Crippen LogP contribution < -0.4 is 10.6 Å². The molecular weight excluding hydrogens is 226 g/mol. The standard InChI is InChI=1S/C14H23N3O/c1-4-11(5-2)10-17-14(18)13-9-12(15-6-3)7-8-16-13/h7-9,11H,4-6,10H2,1-3H3,(H,15,16)(H,17,18). The smallest absolute Gasteiger partial charge is 0.269 e. The first kappa shape index (κ1) is 14.5. The molecule has 0 fully saturated rings. The van der Waals surface area contributed by atoms with Gasteiger partial charge in [-0.05, 0) is 25.0 Å². The molecule has 0 aliphatic rings. The molecule has 2 N–H and O–H groups in total.